The Hall–Kier alpha value is -0.910. The first-order valence-electron chi connectivity index (χ1n) is 5.11. The normalized spacial score (nSPS) is 10.8. The van der Waals surface area contributed by atoms with Gasteiger partial charge in [-0.2, -0.15) is 0 Å². The van der Waals surface area contributed by atoms with Gasteiger partial charge in [0.2, 0.25) is 0 Å². The van der Waals surface area contributed by atoms with E-state index in [9.17, 15) is 0 Å². The first kappa shape index (κ1) is 11.6. The minimum absolute atomic E-state index is 0.746. The van der Waals surface area contributed by atoms with Gasteiger partial charge in [-0.1, -0.05) is 11.6 Å². The zero-order valence-electron chi connectivity index (χ0n) is 8.77. The van der Waals surface area contributed by atoms with E-state index in [2.05, 4.69) is 19.9 Å². The molecule has 0 aliphatic carbocycles. The van der Waals surface area contributed by atoms with Gasteiger partial charge < -0.3 is 9.88 Å². The molecular weight excluding hydrogens is 244 g/mol. The van der Waals surface area contributed by atoms with Gasteiger partial charge in [-0.15, -0.1) is 11.3 Å². The Bertz CT molecular complexity index is 412. The van der Waals surface area contributed by atoms with Crippen molar-refractivity contribution in [2.24, 2.45) is 0 Å². The van der Waals surface area contributed by atoms with Gasteiger partial charge in [-0.3, -0.25) is 0 Å². The first-order chi connectivity index (χ1) is 7.84. The molecule has 0 aliphatic rings. The van der Waals surface area contributed by atoms with Gasteiger partial charge >= 0.3 is 0 Å². The lowest BCUT2D eigenvalue weighted by molar-refractivity contribution is 0.580. The van der Waals surface area contributed by atoms with Crippen molar-refractivity contribution in [3.8, 4) is 0 Å². The summed E-state index contributed by atoms with van der Waals surface area (Å²) < 4.78 is 2.82. The average molecular weight is 257 g/mol. The van der Waals surface area contributed by atoms with E-state index >= 15 is 0 Å². The second-order valence-electron chi connectivity index (χ2n) is 3.39. The number of aromatic nitrogens is 3. The standard InChI is InChI=1S/C10H13ClN4S/c11-9-6-14-10(16-9)7-12-2-1-4-15-5-3-13-8-15/h3,5-6,8,12H,1-2,4,7H2. The summed E-state index contributed by atoms with van der Waals surface area (Å²) in [7, 11) is 0. The number of hydrogen-bond acceptors (Lipinski definition) is 4. The largest absolute Gasteiger partial charge is 0.337 e. The SMILES string of the molecule is Clc1cnc(CNCCCn2ccnc2)s1. The molecule has 1 N–H and O–H groups in total. The monoisotopic (exact) mass is 256 g/mol. The summed E-state index contributed by atoms with van der Waals surface area (Å²) >= 11 is 7.31. The third kappa shape index (κ3) is 3.59. The predicted molar refractivity (Wildman–Crippen MR) is 65.7 cm³/mol. The highest BCUT2D eigenvalue weighted by Gasteiger charge is 1.98. The van der Waals surface area contributed by atoms with Crippen molar-refractivity contribution in [3.05, 3.63) is 34.3 Å². The van der Waals surface area contributed by atoms with E-state index in [0.29, 0.717) is 0 Å². The van der Waals surface area contributed by atoms with Crippen LogP contribution in [0.15, 0.2) is 24.9 Å². The van der Waals surface area contributed by atoms with Gasteiger partial charge in [-0.05, 0) is 13.0 Å². The van der Waals surface area contributed by atoms with E-state index < -0.39 is 0 Å². The van der Waals surface area contributed by atoms with Crippen molar-refractivity contribution in [1.29, 1.82) is 0 Å². The first-order valence-corrected chi connectivity index (χ1v) is 6.31. The van der Waals surface area contributed by atoms with E-state index in [-0.39, 0.29) is 0 Å². The van der Waals surface area contributed by atoms with Crippen LogP contribution in [-0.4, -0.2) is 21.1 Å². The molecule has 2 aromatic rings. The third-order valence-corrected chi connectivity index (χ3v) is 3.25. The summed E-state index contributed by atoms with van der Waals surface area (Å²) in [5.41, 5.74) is 0. The summed E-state index contributed by atoms with van der Waals surface area (Å²) in [5, 5.41) is 4.37. The molecule has 0 saturated carbocycles. The number of nitrogens with one attached hydrogen (secondary N) is 1. The highest BCUT2D eigenvalue weighted by atomic mass is 35.5. The van der Waals surface area contributed by atoms with E-state index in [0.717, 1.165) is 35.4 Å². The van der Waals surface area contributed by atoms with E-state index in [1.807, 2.05) is 12.5 Å². The molecule has 0 amide bonds. The maximum atomic E-state index is 5.79. The number of imidazole rings is 1. The number of nitrogens with zero attached hydrogens (tertiary/aromatic N) is 3. The van der Waals surface area contributed by atoms with E-state index in [1.54, 1.807) is 12.4 Å². The molecule has 0 aliphatic heterocycles. The Balaban J connectivity index is 1.59. The van der Waals surface area contributed by atoms with E-state index in [4.69, 9.17) is 11.6 Å². The van der Waals surface area contributed by atoms with Crippen molar-refractivity contribution >= 4 is 22.9 Å². The van der Waals surface area contributed by atoms with Crippen LogP contribution in [0.1, 0.15) is 11.4 Å². The van der Waals surface area contributed by atoms with E-state index in [1.165, 1.54) is 11.3 Å². The molecule has 16 heavy (non-hydrogen) atoms. The van der Waals surface area contributed by atoms with Gasteiger partial charge in [0.05, 0.1) is 12.5 Å². The minimum atomic E-state index is 0.746. The molecule has 0 atom stereocenters. The molecule has 0 unspecified atom stereocenters. The van der Waals surface area contributed by atoms with Gasteiger partial charge in [0, 0.05) is 25.5 Å². The lowest BCUT2D eigenvalue weighted by atomic mass is 10.4. The van der Waals surface area contributed by atoms with Crippen molar-refractivity contribution in [2.75, 3.05) is 6.54 Å². The van der Waals surface area contributed by atoms with Gasteiger partial charge in [0.1, 0.15) is 9.34 Å². The molecule has 0 aromatic carbocycles. The summed E-state index contributed by atoms with van der Waals surface area (Å²) in [5.74, 6) is 0. The number of rotatable bonds is 6. The maximum Gasteiger partial charge on any atom is 0.113 e. The Morgan fingerprint density at radius 1 is 1.50 bits per heavy atom. The molecule has 2 aromatic heterocycles. The smallest absolute Gasteiger partial charge is 0.113 e. The summed E-state index contributed by atoms with van der Waals surface area (Å²) in [6, 6.07) is 0. The van der Waals surface area contributed by atoms with Crippen LogP contribution < -0.4 is 5.32 Å². The number of aryl methyl sites for hydroxylation is 1. The second-order valence-corrected chi connectivity index (χ2v) is 5.14. The van der Waals surface area contributed by atoms with Crippen LogP contribution in [0.3, 0.4) is 0 Å². The van der Waals surface area contributed by atoms with Crippen LogP contribution >= 0.6 is 22.9 Å². The van der Waals surface area contributed by atoms with Crippen LogP contribution in [0.2, 0.25) is 4.34 Å². The fourth-order valence-electron chi connectivity index (χ4n) is 1.37. The quantitative estimate of drug-likeness (QED) is 0.806. The van der Waals surface area contributed by atoms with Crippen molar-refractivity contribution in [1.82, 2.24) is 19.9 Å². The van der Waals surface area contributed by atoms with Crippen LogP contribution in [0, 0.1) is 0 Å². The fourth-order valence-corrected chi connectivity index (χ4v) is 2.30. The highest BCUT2D eigenvalue weighted by Crippen LogP contribution is 2.17. The Labute approximate surface area is 103 Å². The molecule has 86 valence electrons. The molecular formula is C10H13ClN4S. The second kappa shape index (κ2) is 5.98. The molecule has 0 saturated heterocycles. The maximum absolute atomic E-state index is 5.79. The molecule has 2 rings (SSSR count). The predicted octanol–water partition coefficient (Wildman–Crippen LogP) is 2.17. The van der Waals surface area contributed by atoms with Crippen LogP contribution in [0.4, 0.5) is 0 Å². The third-order valence-electron chi connectivity index (χ3n) is 2.13. The van der Waals surface area contributed by atoms with Gasteiger partial charge in [0.15, 0.2) is 0 Å². The summed E-state index contributed by atoms with van der Waals surface area (Å²) in [4.78, 5) is 8.16. The fraction of sp³-hybridized carbons (Fsp3) is 0.400. The zero-order chi connectivity index (χ0) is 11.2. The van der Waals surface area contributed by atoms with Gasteiger partial charge in [-0.25, -0.2) is 9.97 Å². The topological polar surface area (TPSA) is 42.7 Å². The molecule has 0 radical (unpaired) electrons. The zero-order valence-corrected chi connectivity index (χ0v) is 10.3. The number of halogens is 1. The Morgan fingerprint density at radius 2 is 2.44 bits per heavy atom. The molecule has 2 heterocycles. The highest BCUT2D eigenvalue weighted by molar-refractivity contribution is 7.15. The molecule has 0 bridgehead atoms. The number of hydrogen-bond donors (Lipinski definition) is 1. The van der Waals surface area contributed by atoms with Gasteiger partial charge in [0.25, 0.3) is 0 Å². The van der Waals surface area contributed by atoms with Crippen LogP contribution in [0.25, 0.3) is 0 Å². The molecule has 0 spiro atoms. The number of thiazole rings is 1. The average Bonchev–Trinajstić information content (AvgIpc) is 2.89. The van der Waals surface area contributed by atoms with Crippen LogP contribution in [0.5, 0.6) is 0 Å². The molecule has 0 fully saturated rings. The van der Waals surface area contributed by atoms with Crippen molar-refractivity contribution < 1.29 is 0 Å². The Kier molecular flexibility index (Phi) is 4.33. The summed E-state index contributed by atoms with van der Waals surface area (Å²) in [6.45, 7) is 2.75. The van der Waals surface area contributed by atoms with Crippen molar-refractivity contribution in [2.45, 2.75) is 19.5 Å². The van der Waals surface area contributed by atoms with Crippen molar-refractivity contribution in [3.63, 3.8) is 0 Å². The lowest BCUT2D eigenvalue weighted by Crippen LogP contribution is -2.16. The summed E-state index contributed by atoms with van der Waals surface area (Å²) in [6.07, 6.45) is 8.37. The lowest BCUT2D eigenvalue weighted by Gasteiger charge is -2.03. The Morgan fingerprint density at radius 3 is 3.12 bits per heavy atom. The van der Waals surface area contributed by atoms with Crippen LogP contribution in [-0.2, 0) is 13.1 Å². The molecule has 6 heteroatoms. The minimum Gasteiger partial charge on any atom is -0.337 e. The molecule has 4 nitrogen and oxygen atoms in total.